The monoisotopic (exact) mass is 410 g/mol. The number of thioether (sulfide) groups is 1. The molecule has 1 saturated heterocycles. The quantitative estimate of drug-likeness (QED) is 0.603. The van der Waals surface area contributed by atoms with Crippen LogP contribution in [-0.4, -0.2) is 62.8 Å². The number of carbonyl (C=O) groups is 1. The zero-order chi connectivity index (χ0) is 20.4. The van der Waals surface area contributed by atoms with Crippen LogP contribution in [0.25, 0.3) is 5.78 Å². The number of hydrogen-bond acceptors (Lipinski definition) is 6. The highest BCUT2D eigenvalue weighted by Gasteiger charge is 2.22. The van der Waals surface area contributed by atoms with Gasteiger partial charge in [0, 0.05) is 49.7 Å². The van der Waals surface area contributed by atoms with Gasteiger partial charge in [0.2, 0.25) is 11.1 Å². The molecule has 1 aliphatic heterocycles. The first-order chi connectivity index (χ1) is 14.1. The number of aromatic nitrogens is 4. The Balaban J connectivity index is 1.39. The molecule has 0 unspecified atom stereocenters. The first-order valence-electron chi connectivity index (χ1n) is 9.91. The molecule has 1 aliphatic rings. The van der Waals surface area contributed by atoms with Crippen molar-refractivity contribution in [1.29, 1.82) is 0 Å². The van der Waals surface area contributed by atoms with Gasteiger partial charge in [-0.2, -0.15) is 4.98 Å². The topological polar surface area (TPSA) is 66.6 Å². The number of piperazine rings is 1. The highest BCUT2D eigenvalue weighted by molar-refractivity contribution is 7.98. The fraction of sp³-hybridized carbons (Fsp3) is 0.429. The summed E-state index contributed by atoms with van der Waals surface area (Å²) in [6.07, 6.45) is 3.12. The number of hydrogen-bond donors (Lipinski definition) is 0. The number of aryl methyl sites for hydroxylation is 2. The van der Waals surface area contributed by atoms with Crippen LogP contribution in [0.4, 0.5) is 5.69 Å². The molecule has 0 N–H and O–H groups in total. The van der Waals surface area contributed by atoms with E-state index in [1.54, 1.807) is 4.52 Å². The summed E-state index contributed by atoms with van der Waals surface area (Å²) in [5, 5.41) is 5.20. The molecule has 3 aromatic rings. The van der Waals surface area contributed by atoms with E-state index in [1.165, 1.54) is 17.4 Å². The van der Waals surface area contributed by atoms with E-state index in [2.05, 4.69) is 44.2 Å². The molecule has 0 atom stereocenters. The van der Waals surface area contributed by atoms with Crippen molar-refractivity contribution in [1.82, 2.24) is 24.5 Å². The van der Waals surface area contributed by atoms with Crippen LogP contribution in [0.15, 0.2) is 35.5 Å². The lowest BCUT2D eigenvalue weighted by Crippen LogP contribution is -2.48. The standard InChI is InChI=1S/C21H26N6OS/c1-15-18(16(2)27-20(22-15)23-21(24-27)29-3)9-10-19(28)26-13-11-25(12-14-26)17-7-5-4-6-8-17/h4-8H,9-14H2,1-3H3. The highest BCUT2D eigenvalue weighted by Crippen LogP contribution is 2.19. The van der Waals surface area contributed by atoms with Gasteiger partial charge in [-0.15, -0.1) is 5.10 Å². The fourth-order valence-electron chi connectivity index (χ4n) is 3.88. The van der Waals surface area contributed by atoms with Crippen LogP contribution in [0.3, 0.4) is 0 Å². The minimum atomic E-state index is 0.208. The maximum Gasteiger partial charge on any atom is 0.253 e. The summed E-state index contributed by atoms with van der Waals surface area (Å²) >= 11 is 1.50. The molecule has 0 bridgehead atoms. The average Bonchev–Trinajstić information content (AvgIpc) is 3.17. The molecule has 0 spiro atoms. The lowest BCUT2D eigenvalue weighted by molar-refractivity contribution is -0.131. The van der Waals surface area contributed by atoms with Crippen LogP contribution >= 0.6 is 11.8 Å². The normalized spacial score (nSPS) is 14.6. The van der Waals surface area contributed by atoms with Gasteiger partial charge in [-0.1, -0.05) is 30.0 Å². The van der Waals surface area contributed by atoms with Crippen molar-refractivity contribution in [2.24, 2.45) is 0 Å². The van der Waals surface area contributed by atoms with Gasteiger partial charge in [-0.25, -0.2) is 9.50 Å². The maximum atomic E-state index is 12.8. The Kier molecular flexibility index (Phi) is 5.71. The molecule has 0 radical (unpaired) electrons. The molecule has 8 heteroatoms. The first-order valence-corrected chi connectivity index (χ1v) is 11.1. The van der Waals surface area contributed by atoms with Crippen molar-refractivity contribution >= 4 is 29.1 Å². The third-order valence-corrected chi connectivity index (χ3v) is 6.09. The smallest absolute Gasteiger partial charge is 0.253 e. The summed E-state index contributed by atoms with van der Waals surface area (Å²) in [7, 11) is 0. The van der Waals surface area contributed by atoms with Gasteiger partial charge in [0.15, 0.2) is 0 Å². The van der Waals surface area contributed by atoms with Crippen molar-refractivity contribution in [3.05, 3.63) is 47.3 Å². The number of amides is 1. The van der Waals surface area contributed by atoms with E-state index in [-0.39, 0.29) is 5.91 Å². The number of rotatable bonds is 5. The molecule has 1 aromatic carbocycles. The van der Waals surface area contributed by atoms with Gasteiger partial charge in [-0.3, -0.25) is 4.79 Å². The Morgan fingerprint density at radius 1 is 1.07 bits per heavy atom. The predicted octanol–water partition coefficient (Wildman–Crippen LogP) is 2.74. The zero-order valence-electron chi connectivity index (χ0n) is 17.1. The van der Waals surface area contributed by atoms with Crippen molar-refractivity contribution in [3.8, 4) is 0 Å². The number of para-hydroxylation sites is 1. The average molecular weight is 411 g/mol. The van der Waals surface area contributed by atoms with Crippen LogP contribution in [-0.2, 0) is 11.2 Å². The molecule has 7 nitrogen and oxygen atoms in total. The Bertz CT molecular complexity index is 1010. The van der Waals surface area contributed by atoms with E-state index in [1.807, 2.05) is 31.1 Å². The van der Waals surface area contributed by atoms with Gasteiger partial charge in [-0.05, 0) is 44.2 Å². The summed E-state index contributed by atoms with van der Waals surface area (Å²) in [6.45, 7) is 7.29. The van der Waals surface area contributed by atoms with Crippen LogP contribution in [0, 0.1) is 13.8 Å². The second kappa shape index (κ2) is 8.41. The molecular formula is C21H26N6OS. The number of carbonyl (C=O) groups excluding carboxylic acids is 1. The van der Waals surface area contributed by atoms with Crippen molar-refractivity contribution in [2.75, 3.05) is 37.3 Å². The number of benzene rings is 1. The number of fused-ring (bicyclic) bond motifs is 1. The second-order valence-corrected chi connectivity index (χ2v) is 8.05. The van der Waals surface area contributed by atoms with Crippen molar-refractivity contribution in [2.45, 2.75) is 31.8 Å². The summed E-state index contributed by atoms with van der Waals surface area (Å²) in [6, 6.07) is 10.4. The molecular weight excluding hydrogens is 384 g/mol. The molecule has 152 valence electrons. The molecule has 0 saturated carbocycles. The lowest BCUT2D eigenvalue weighted by Gasteiger charge is -2.36. The molecule has 29 heavy (non-hydrogen) atoms. The fourth-order valence-corrected chi connectivity index (χ4v) is 4.22. The number of anilines is 1. The minimum Gasteiger partial charge on any atom is -0.368 e. The zero-order valence-corrected chi connectivity index (χ0v) is 17.9. The largest absolute Gasteiger partial charge is 0.368 e. The highest BCUT2D eigenvalue weighted by atomic mass is 32.2. The molecule has 1 amide bonds. The third kappa shape index (κ3) is 4.07. The van der Waals surface area contributed by atoms with E-state index < -0.39 is 0 Å². The van der Waals surface area contributed by atoms with Crippen LogP contribution in [0.1, 0.15) is 23.4 Å². The van der Waals surface area contributed by atoms with Gasteiger partial charge < -0.3 is 9.80 Å². The van der Waals surface area contributed by atoms with E-state index in [9.17, 15) is 4.79 Å². The van der Waals surface area contributed by atoms with Gasteiger partial charge in [0.05, 0.1) is 0 Å². The summed E-state index contributed by atoms with van der Waals surface area (Å²) in [4.78, 5) is 26.1. The lowest BCUT2D eigenvalue weighted by atomic mass is 10.1. The Hall–Kier alpha value is -2.61. The van der Waals surface area contributed by atoms with Crippen LogP contribution in [0.2, 0.25) is 0 Å². The van der Waals surface area contributed by atoms with Gasteiger partial charge in [0.1, 0.15) is 0 Å². The Morgan fingerprint density at radius 3 is 2.48 bits per heavy atom. The van der Waals surface area contributed by atoms with E-state index in [0.29, 0.717) is 23.8 Å². The summed E-state index contributed by atoms with van der Waals surface area (Å²) in [5.74, 6) is 0.830. The van der Waals surface area contributed by atoms with E-state index in [4.69, 9.17) is 0 Å². The second-order valence-electron chi connectivity index (χ2n) is 7.27. The van der Waals surface area contributed by atoms with Crippen molar-refractivity contribution in [3.63, 3.8) is 0 Å². The maximum absolute atomic E-state index is 12.8. The third-order valence-electron chi connectivity index (χ3n) is 5.55. The molecule has 4 rings (SSSR count). The molecule has 2 aromatic heterocycles. The summed E-state index contributed by atoms with van der Waals surface area (Å²) in [5.41, 5.74) is 4.26. The molecule has 1 fully saturated rings. The number of nitrogens with zero attached hydrogens (tertiary/aromatic N) is 6. The van der Waals surface area contributed by atoms with Gasteiger partial charge in [0.25, 0.3) is 5.78 Å². The SMILES string of the molecule is CSc1nc2nc(C)c(CCC(=O)N3CCN(c4ccccc4)CC3)c(C)n2n1. The van der Waals surface area contributed by atoms with E-state index in [0.717, 1.165) is 43.1 Å². The minimum absolute atomic E-state index is 0.208. The molecule has 0 aliphatic carbocycles. The van der Waals surface area contributed by atoms with Crippen LogP contribution < -0.4 is 4.90 Å². The predicted molar refractivity (Wildman–Crippen MR) is 116 cm³/mol. The van der Waals surface area contributed by atoms with Crippen LogP contribution in [0.5, 0.6) is 0 Å². The Labute approximate surface area is 175 Å². The van der Waals surface area contributed by atoms with E-state index >= 15 is 0 Å². The van der Waals surface area contributed by atoms with Crippen molar-refractivity contribution < 1.29 is 4.79 Å². The van der Waals surface area contributed by atoms with Gasteiger partial charge >= 0.3 is 0 Å². The Morgan fingerprint density at radius 2 is 1.79 bits per heavy atom. The summed E-state index contributed by atoms with van der Waals surface area (Å²) < 4.78 is 1.79. The molecule has 3 heterocycles. The first kappa shape index (κ1) is 19.7.